The first-order chi connectivity index (χ1) is 12.2. The van der Waals surface area contributed by atoms with Crippen molar-refractivity contribution in [3.05, 3.63) is 73.6 Å². The number of benzene rings is 2. The van der Waals surface area contributed by atoms with Crippen LogP contribution in [0.4, 0.5) is 5.69 Å². The van der Waals surface area contributed by atoms with Gasteiger partial charge in [0.25, 0.3) is 0 Å². The number of amides is 1. The number of hydrogen-bond donors (Lipinski definition) is 1. The molecule has 2 heterocycles. The van der Waals surface area contributed by atoms with Gasteiger partial charge in [-0.2, -0.15) is 0 Å². The number of anilines is 1. The highest BCUT2D eigenvalue weighted by Crippen LogP contribution is 2.20. The fourth-order valence-corrected chi connectivity index (χ4v) is 2.82. The van der Waals surface area contributed by atoms with E-state index in [1.54, 1.807) is 18.9 Å². The summed E-state index contributed by atoms with van der Waals surface area (Å²) in [5.41, 5.74) is 3.50. The SMILES string of the molecule is C[C@@H](C(=O)Nc1cccc(-n2ccnc2)c1)n1cnc2ccccc21. The monoisotopic (exact) mass is 331 g/mol. The predicted octanol–water partition coefficient (Wildman–Crippen LogP) is 3.42. The Labute approximate surface area is 144 Å². The maximum Gasteiger partial charge on any atom is 0.247 e. The van der Waals surface area contributed by atoms with Crippen LogP contribution in [0.1, 0.15) is 13.0 Å². The van der Waals surface area contributed by atoms with E-state index >= 15 is 0 Å². The van der Waals surface area contributed by atoms with Gasteiger partial charge < -0.3 is 14.5 Å². The number of carbonyl (C=O) groups is 1. The molecule has 2 aromatic carbocycles. The van der Waals surface area contributed by atoms with Crippen molar-refractivity contribution < 1.29 is 4.79 Å². The summed E-state index contributed by atoms with van der Waals surface area (Å²) in [6, 6.07) is 15.1. The first-order valence-electron chi connectivity index (χ1n) is 8.03. The van der Waals surface area contributed by atoms with E-state index in [9.17, 15) is 4.79 Å². The van der Waals surface area contributed by atoms with E-state index in [0.717, 1.165) is 22.4 Å². The Bertz CT molecular complexity index is 1020. The van der Waals surface area contributed by atoms with Gasteiger partial charge in [-0.15, -0.1) is 0 Å². The lowest BCUT2D eigenvalue weighted by Gasteiger charge is -2.15. The Hall–Kier alpha value is -3.41. The van der Waals surface area contributed by atoms with Gasteiger partial charge in [0.2, 0.25) is 5.91 Å². The molecule has 0 fully saturated rings. The van der Waals surface area contributed by atoms with Gasteiger partial charge in [0, 0.05) is 23.8 Å². The van der Waals surface area contributed by atoms with Crippen LogP contribution in [0.25, 0.3) is 16.7 Å². The molecule has 0 saturated carbocycles. The molecule has 1 N–H and O–H groups in total. The molecule has 0 radical (unpaired) electrons. The van der Waals surface area contributed by atoms with E-state index in [-0.39, 0.29) is 11.9 Å². The van der Waals surface area contributed by atoms with Gasteiger partial charge in [0.05, 0.1) is 23.7 Å². The molecule has 0 spiro atoms. The van der Waals surface area contributed by atoms with Gasteiger partial charge in [0.15, 0.2) is 0 Å². The van der Waals surface area contributed by atoms with Crippen molar-refractivity contribution >= 4 is 22.6 Å². The lowest BCUT2D eigenvalue weighted by atomic mass is 10.2. The van der Waals surface area contributed by atoms with Crippen molar-refractivity contribution in [2.45, 2.75) is 13.0 Å². The largest absolute Gasteiger partial charge is 0.324 e. The van der Waals surface area contributed by atoms with E-state index in [0.29, 0.717) is 0 Å². The molecular weight excluding hydrogens is 314 g/mol. The average molecular weight is 331 g/mol. The first kappa shape index (κ1) is 15.1. The summed E-state index contributed by atoms with van der Waals surface area (Å²) < 4.78 is 3.77. The van der Waals surface area contributed by atoms with Gasteiger partial charge in [-0.1, -0.05) is 18.2 Å². The van der Waals surface area contributed by atoms with Crippen molar-refractivity contribution in [3.63, 3.8) is 0 Å². The summed E-state index contributed by atoms with van der Waals surface area (Å²) in [7, 11) is 0. The van der Waals surface area contributed by atoms with Crippen molar-refractivity contribution in [2.75, 3.05) is 5.32 Å². The van der Waals surface area contributed by atoms with E-state index < -0.39 is 0 Å². The van der Waals surface area contributed by atoms with Crippen molar-refractivity contribution in [2.24, 2.45) is 0 Å². The molecule has 0 aliphatic rings. The van der Waals surface area contributed by atoms with Crippen molar-refractivity contribution in [1.82, 2.24) is 19.1 Å². The minimum absolute atomic E-state index is 0.0917. The highest BCUT2D eigenvalue weighted by molar-refractivity contribution is 5.94. The zero-order chi connectivity index (χ0) is 17.2. The summed E-state index contributed by atoms with van der Waals surface area (Å²) in [6.45, 7) is 1.86. The fourth-order valence-electron chi connectivity index (χ4n) is 2.82. The first-order valence-corrected chi connectivity index (χ1v) is 8.03. The minimum Gasteiger partial charge on any atom is -0.324 e. The molecule has 1 atom stereocenters. The molecular formula is C19H17N5O. The fraction of sp³-hybridized carbons (Fsp3) is 0.105. The van der Waals surface area contributed by atoms with Crippen LogP contribution in [-0.2, 0) is 4.79 Å². The van der Waals surface area contributed by atoms with Gasteiger partial charge in [0.1, 0.15) is 6.04 Å². The van der Waals surface area contributed by atoms with E-state index in [4.69, 9.17) is 0 Å². The second-order valence-electron chi connectivity index (χ2n) is 5.83. The van der Waals surface area contributed by atoms with Crippen molar-refractivity contribution in [3.8, 4) is 5.69 Å². The number of nitrogens with one attached hydrogen (secondary N) is 1. The quantitative estimate of drug-likeness (QED) is 0.623. The summed E-state index contributed by atoms with van der Waals surface area (Å²) in [5.74, 6) is -0.0917. The van der Waals surface area contributed by atoms with Crippen LogP contribution >= 0.6 is 0 Å². The van der Waals surface area contributed by atoms with E-state index in [1.165, 1.54) is 0 Å². The second kappa shape index (κ2) is 6.24. The number of hydrogen-bond acceptors (Lipinski definition) is 3. The molecule has 6 heteroatoms. The van der Waals surface area contributed by atoms with E-state index in [1.807, 2.05) is 70.8 Å². The van der Waals surface area contributed by atoms with Gasteiger partial charge >= 0.3 is 0 Å². The Kier molecular flexibility index (Phi) is 3.78. The Morgan fingerprint density at radius 3 is 2.84 bits per heavy atom. The number of imidazole rings is 2. The summed E-state index contributed by atoms with van der Waals surface area (Å²) in [4.78, 5) is 21.1. The molecule has 2 aromatic heterocycles. The van der Waals surface area contributed by atoms with Crippen LogP contribution in [0.3, 0.4) is 0 Å². The number of aromatic nitrogens is 4. The third-order valence-corrected chi connectivity index (χ3v) is 4.19. The summed E-state index contributed by atoms with van der Waals surface area (Å²) in [5, 5.41) is 2.98. The molecule has 0 unspecified atom stereocenters. The maximum absolute atomic E-state index is 12.7. The third-order valence-electron chi connectivity index (χ3n) is 4.19. The smallest absolute Gasteiger partial charge is 0.247 e. The lowest BCUT2D eigenvalue weighted by molar-refractivity contribution is -0.118. The van der Waals surface area contributed by atoms with Gasteiger partial charge in [-0.05, 0) is 37.3 Å². The molecule has 124 valence electrons. The van der Waals surface area contributed by atoms with Crippen LogP contribution in [0.2, 0.25) is 0 Å². The number of carbonyl (C=O) groups excluding carboxylic acids is 1. The molecule has 0 bridgehead atoms. The highest BCUT2D eigenvalue weighted by Gasteiger charge is 2.17. The molecule has 1 amide bonds. The molecule has 0 aliphatic heterocycles. The molecule has 25 heavy (non-hydrogen) atoms. The topological polar surface area (TPSA) is 64.7 Å². The molecule has 4 aromatic rings. The molecule has 0 aliphatic carbocycles. The lowest BCUT2D eigenvalue weighted by Crippen LogP contribution is -2.23. The number of rotatable bonds is 4. The number of para-hydroxylation sites is 2. The standard InChI is InChI=1S/C19H17N5O/c1-14(24-13-21-17-7-2-3-8-18(17)24)19(25)22-15-5-4-6-16(11-15)23-10-9-20-12-23/h2-14H,1H3,(H,22,25)/t14-/m0/s1. The van der Waals surface area contributed by atoms with Crippen LogP contribution in [-0.4, -0.2) is 25.0 Å². The van der Waals surface area contributed by atoms with Gasteiger partial charge in [-0.3, -0.25) is 4.79 Å². The molecule has 4 rings (SSSR count). The van der Waals surface area contributed by atoms with E-state index in [2.05, 4.69) is 15.3 Å². The molecule has 6 nitrogen and oxygen atoms in total. The average Bonchev–Trinajstić information content (AvgIpc) is 3.31. The summed E-state index contributed by atoms with van der Waals surface area (Å²) in [6.07, 6.45) is 7.01. The number of nitrogens with zero attached hydrogens (tertiary/aromatic N) is 4. The van der Waals surface area contributed by atoms with Crippen molar-refractivity contribution in [1.29, 1.82) is 0 Å². The van der Waals surface area contributed by atoms with Crippen LogP contribution in [0, 0.1) is 0 Å². The van der Waals surface area contributed by atoms with Crippen LogP contribution in [0.5, 0.6) is 0 Å². The number of fused-ring (bicyclic) bond motifs is 1. The third kappa shape index (κ3) is 2.89. The second-order valence-corrected chi connectivity index (χ2v) is 5.83. The Morgan fingerprint density at radius 2 is 2.00 bits per heavy atom. The Morgan fingerprint density at radius 1 is 1.12 bits per heavy atom. The maximum atomic E-state index is 12.7. The van der Waals surface area contributed by atoms with Gasteiger partial charge in [-0.25, -0.2) is 9.97 Å². The van der Waals surface area contributed by atoms with Crippen LogP contribution in [0.15, 0.2) is 73.6 Å². The molecule has 0 saturated heterocycles. The zero-order valence-corrected chi connectivity index (χ0v) is 13.7. The Balaban J connectivity index is 1.57. The highest BCUT2D eigenvalue weighted by atomic mass is 16.2. The normalized spacial score (nSPS) is 12.2. The minimum atomic E-state index is -0.371. The zero-order valence-electron chi connectivity index (χ0n) is 13.7. The summed E-state index contributed by atoms with van der Waals surface area (Å²) >= 11 is 0. The predicted molar refractivity (Wildman–Crippen MR) is 96.6 cm³/mol. The van der Waals surface area contributed by atoms with Crippen LogP contribution < -0.4 is 5.32 Å².